The third-order valence-corrected chi connectivity index (χ3v) is 6.47. The number of hydrogen-bond donors (Lipinski definition) is 0. The number of ether oxygens (including phenoxy) is 1. The average molecular weight is 497 g/mol. The van der Waals surface area contributed by atoms with E-state index < -0.39 is 0 Å². The molecular formula is C25H29BrN4O2. The summed E-state index contributed by atoms with van der Waals surface area (Å²) in [7, 11) is 0. The average Bonchev–Trinajstić information content (AvgIpc) is 2.76. The molecule has 0 N–H and O–H groups in total. The Morgan fingerprint density at radius 3 is 2.44 bits per heavy atom. The van der Waals surface area contributed by atoms with Gasteiger partial charge in [-0.3, -0.25) is 4.79 Å². The Morgan fingerprint density at radius 1 is 1.12 bits per heavy atom. The van der Waals surface area contributed by atoms with E-state index in [0.717, 1.165) is 65.6 Å². The van der Waals surface area contributed by atoms with Gasteiger partial charge in [0, 0.05) is 22.4 Å². The molecule has 1 aliphatic carbocycles. The minimum atomic E-state index is -0.0555. The van der Waals surface area contributed by atoms with E-state index in [-0.39, 0.29) is 11.5 Å². The van der Waals surface area contributed by atoms with Gasteiger partial charge in [-0.25, -0.2) is 19.5 Å². The molecule has 0 atom stereocenters. The number of aromatic nitrogens is 4. The molecule has 7 heteroatoms. The minimum Gasteiger partial charge on any atom is -0.491 e. The van der Waals surface area contributed by atoms with Gasteiger partial charge in [-0.05, 0) is 50.3 Å². The smallest absolute Gasteiger partial charge is 0.264 e. The molecule has 0 unspecified atom stereocenters. The van der Waals surface area contributed by atoms with E-state index in [2.05, 4.69) is 32.8 Å². The number of hydrogen-bond acceptors (Lipinski definition) is 5. The zero-order chi connectivity index (χ0) is 22.5. The molecule has 3 aromatic rings. The highest BCUT2D eigenvalue weighted by Crippen LogP contribution is 2.36. The molecule has 1 aliphatic rings. The number of aryl methyl sites for hydroxylation is 1. The molecule has 0 amide bonds. The molecule has 1 saturated carbocycles. The van der Waals surface area contributed by atoms with Gasteiger partial charge < -0.3 is 4.74 Å². The molecule has 32 heavy (non-hydrogen) atoms. The van der Waals surface area contributed by atoms with Crippen LogP contribution in [0.2, 0.25) is 0 Å². The zero-order valence-corrected chi connectivity index (χ0v) is 20.3. The van der Waals surface area contributed by atoms with Crippen LogP contribution < -0.4 is 10.3 Å². The van der Waals surface area contributed by atoms with E-state index in [1.54, 1.807) is 17.0 Å². The second kappa shape index (κ2) is 10.4. The van der Waals surface area contributed by atoms with Crippen LogP contribution in [0.4, 0.5) is 0 Å². The molecule has 2 heterocycles. The molecule has 6 nitrogen and oxygen atoms in total. The van der Waals surface area contributed by atoms with Crippen LogP contribution in [0.3, 0.4) is 0 Å². The van der Waals surface area contributed by atoms with Crippen LogP contribution in [0.5, 0.6) is 5.75 Å². The highest BCUT2D eigenvalue weighted by atomic mass is 79.9. The van der Waals surface area contributed by atoms with E-state index in [9.17, 15) is 4.79 Å². The first-order chi connectivity index (χ1) is 15.6. The standard InChI is InChI=1S/C25H29BrN4O2/c1-3-5-9-22-21(14-17-10-12-19(26)13-11-17)24(31)30(23(29-22)18-7-6-8-18)25-27-15-20(16-28-25)32-4-2/h10-13,15-16,18H,3-9,14H2,1-2H3. The summed E-state index contributed by atoms with van der Waals surface area (Å²) in [6, 6.07) is 8.10. The molecule has 0 spiro atoms. The van der Waals surface area contributed by atoms with E-state index in [4.69, 9.17) is 9.72 Å². The molecule has 2 aromatic heterocycles. The predicted octanol–water partition coefficient (Wildman–Crippen LogP) is 5.38. The van der Waals surface area contributed by atoms with Gasteiger partial charge in [0.15, 0.2) is 5.75 Å². The number of benzene rings is 1. The largest absolute Gasteiger partial charge is 0.491 e. The summed E-state index contributed by atoms with van der Waals surface area (Å²) in [6.07, 6.45) is 9.92. The van der Waals surface area contributed by atoms with Crippen LogP contribution in [0, 0.1) is 0 Å². The summed E-state index contributed by atoms with van der Waals surface area (Å²) in [4.78, 5) is 27.9. The lowest BCUT2D eigenvalue weighted by Gasteiger charge is -2.28. The molecule has 4 rings (SSSR count). The normalized spacial score (nSPS) is 13.7. The van der Waals surface area contributed by atoms with Crippen LogP contribution in [0.25, 0.3) is 5.95 Å². The van der Waals surface area contributed by atoms with E-state index in [1.807, 2.05) is 31.2 Å². The van der Waals surface area contributed by atoms with Gasteiger partial charge in [-0.15, -0.1) is 0 Å². The SMILES string of the molecule is CCCCc1nc(C2CCC2)n(-c2ncc(OCC)cn2)c(=O)c1Cc1ccc(Br)cc1. The van der Waals surface area contributed by atoms with Crippen molar-refractivity contribution < 1.29 is 4.74 Å². The summed E-state index contributed by atoms with van der Waals surface area (Å²) in [6.45, 7) is 4.62. The van der Waals surface area contributed by atoms with Crippen molar-refractivity contribution in [2.24, 2.45) is 0 Å². The molecule has 0 saturated heterocycles. The Morgan fingerprint density at radius 2 is 1.84 bits per heavy atom. The summed E-state index contributed by atoms with van der Waals surface area (Å²) < 4.78 is 8.14. The van der Waals surface area contributed by atoms with Crippen molar-refractivity contribution in [3.05, 3.63) is 74.1 Å². The number of rotatable bonds is 9. The van der Waals surface area contributed by atoms with Gasteiger partial charge in [0.25, 0.3) is 5.56 Å². The third-order valence-electron chi connectivity index (χ3n) is 5.95. The van der Waals surface area contributed by atoms with Gasteiger partial charge in [0.05, 0.1) is 24.7 Å². The van der Waals surface area contributed by atoms with E-state index in [0.29, 0.717) is 24.7 Å². The second-order valence-corrected chi connectivity index (χ2v) is 9.14. The summed E-state index contributed by atoms with van der Waals surface area (Å²) in [5.74, 6) is 2.04. The van der Waals surface area contributed by atoms with Crippen molar-refractivity contribution in [3.8, 4) is 11.7 Å². The van der Waals surface area contributed by atoms with Gasteiger partial charge in [0.2, 0.25) is 5.95 Å². The first kappa shape index (κ1) is 22.6. The number of unbranched alkanes of at least 4 members (excludes halogenated alkanes) is 1. The summed E-state index contributed by atoms with van der Waals surface area (Å²) in [5.41, 5.74) is 2.69. The van der Waals surface area contributed by atoms with Crippen LogP contribution in [0.1, 0.15) is 74.5 Å². The molecule has 1 fully saturated rings. The molecular weight excluding hydrogens is 468 g/mol. The Kier molecular flexibility index (Phi) is 7.35. The number of nitrogens with zero attached hydrogens (tertiary/aromatic N) is 4. The van der Waals surface area contributed by atoms with Gasteiger partial charge in [0.1, 0.15) is 5.82 Å². The maximum absolute atomic E-state index is 13.9. The van der Waals surface area contributed by atoms with Crippen molar-refractivity contribution in [2.45, 2.75) is 64.7 Å². The lowest BCUT2D eigenvalue weighted by atomic mass is 9.84. The topological polar surface area (TPSA) is 69.9 Å². The van der Waals surface area contributed by atoms with Crippen molar-refractivity contribution in [1.29, 1.82) is 0 Å². The lowest BCUT2D eigenvalue weighted by molar-refractivity contribution is 0.337. The first-order valence-corrected chi connectivity index (χ1v) is 12.2. The van der Waals surface area contributed by atoms with Crippen LogP contribution >= 0.6 is 15.9 Å². The fourth-order valence-corrected chi connectivity index (χ4v) is 4.22. The molecule has 1 aromatic carbocycles. The quantitative estimate of drug-likeness (QED) is 0.397. The van der Waals surface area contributed by atoms with Gasteiger partial charge >= 0.3 is 0 Å². The van der Waals surface area contributed by atoms with Crippen LogP contribution in [-0.2, 0) is 12.8 Å². The van der Waals surface area contributed by atoms with Crippen molar-refractivity contribution >= 4 is 15.9 Å². The predicted molar refractivity (Wildman–Crippen MR) is 129 cm³/mol. The Labute approximate surface area is 197 Å². The summed E-state index contributed by atoms with van der Waals surface area (Å²) >= 11 is 3.49. The fraction of sp³-hybridized carbons (Fsp3) is 0.440. The lowest BCUT2D eigenvalue weighted by Crippen LogP contribution is -2.33. The number of halogens is 1. The summed E-state index contributed by atoms with van der Waals surface area (Å²) in [5, 5.41) is 0. The van der Waals surface area contributed by atoms with Gasteiger partial charge in [-0.2, -0.15) is 0 Å². The van der Waals surface area contributed by atoms with E-state index in [1.165, 1.54) is 0 Å². The molecule has 168 valence electrons. The monoisotopic (exact) mass is 496 g/mol. The Hall–Kier alpha value is -2.54. The highest BCUT2D eigenvalue weighted by molar-refractivity contribution is 9.10. The molecule has 0 aliphatic heterocycles. The second-order valence-electron chi connectivity index (χ2n) is 8.22. The van der Waals surface area contributed by atoms with Crippen molar-refractivity contribution in [3.63, 3.8) is 0 Å². The molecule has 0 bridgehead atoms. The van der Waals surface area contributed by atoms with Gasteiger partial charge in [-0.1, -0.05) is 47.8 Å². The third kappa shape index (κ3) is 4.93. The van der Waals surface area contributed by atoms with Crippen molar-refractivity contribution in [1.82, 2.24) is 19.5 Å². The van der Waals surface area contributed by atoms with E-state index >= 15 is 0 Å². The first-order valence-electron chi connectivity index (χ1n) is 11.4. The van der Waals surface area contributed by atoms with Crippen LogP contribution in [0.15, 0.2) is 45.9 Å². The van der Waals surface area contributed by atoms with Crippen LogP contribution in [-0.4, -0.2) is 26.1 Å². The fourth-order valence-electron chi connectivity index (χ4n) is 3.95. The Bertz CT molecular complexity index is 1110. The minimum absolute atomic E-state index is 0.0555. The van der Waals surface area contributed by atoms with Crippen molar-refractivity contribution in [2.75, 3.05) is 6.61 Å². The Balaban J connectivity index is 1.84. The molecule has 0 radical (unpaired) electrons. The zero-order valence-electron chi connectivity index (χ0n) is 18.7. The highest BCUT2D eigenvalue weighted by Gasteiger charge is 2.28. The maximum Gasteiger partial charge on any atom is 0.264 e. The maximum atomic E-state index is 13.9.